The van der Waals surface area contributed by atoms with E-state index in [4.69, 9.17) is 10.5 Å². The zero-order valence-electron chi connectivity index (χ0n) is 11.4. The van der Waals surface area contributed by atoms with Crippen molar-refractivity contribution in [2.75, 3.05) is 13.2 Å². The van der Waals surface area contributed by atoms with Crippen molar-refractivity contribution in [3.05, 3.63) is 0 Å². The standard InChI is InChI=1S/C14H26N2O2/c1-2-16-14(13(15)17,11-8-9-11)10-18-12-6-4-3-5-7-12/h11-12,16H,2-10H2,1H3,(H2,15,17). The number of hydrogen-bond acceptors (Lipinski definition) is 3. The Labute approximate surface area is 110 Å². The highest BCUT2D eigenvalue weighted by atomic mass is 16.5. The van der Waals surface area contributed by atoms with Crippen molar-refractivity contribution >= 4 is 5.91 Å². The first-order chi connectivity index (χ1) is 8.69. The lowest BCUT2D eigenvalue weighted by atomic mass is 9.92. The molecule has 18 heavy (non-hydrogen) atoms. The van der Waals surface area contributed by atoms with Gasteiger partial charge in [0.2, 0.25) is 5.91 Å². The van der Waals surface area contributed by atoms with Crippen LogP contribution in [0.25, 0.3) is 0 Å². The first-order valence-corrected chi connectivity index (χ1v) is 7.35. The minimum atomic E-state index is -0.619. The molecule has 0 spiro atoms. The molecule has 0 aromatic rings. The van der Waals surface area contributed by atoms with Crippen molar-refractivity contribution in [3.63, 3.8) is 0 Å². The molecule has 104 valence electrons. The SMILES string of the molecule is CCNC(COC1CCCCC1)(C(N)=O)C1CC1. The topological polar surface area (TPSA) is 64.3 Å². The van der Waals surface area contributed by atoms with Crippen LogP contribution in [0.15, 0.2) is 0 Å². The number of carbonyl (C=O) groups is 1. The molecule has 2 rings (SSSR count). The average Bonchev–Trinajstić information content (AvgIpc) is 3.20. The van der Waals surface area contributed by atoms with E-state index in [9.17, 15) is 4.79 Å². The summed E-state index contributed by atoms with van der Waals surface area (Å²) < 4.78 is 6.00. The number of likely N-dealkylation sites (N-methyl/N-ethyl adjacent to an activating group) is 1. The van der Waals surface area contributed by atoms with E-state index >= 15 is 0 Å². The summed E-state index contributed by atoms with van der Waals surface area (Å²) in [6.45, 7) is 3.22. The maximum atomic E-state index is 11.8. The van der Waals surface area contributed by atoms with Crippen molar-refractivity contribution < 1.29 is 9.53 Å². The fraction of sp³-hybridized carbons (Fsp3) is 0.929. The van der Waals surface area contributed by atoms with Gasteiger partial charge in [-0.1, -0.05) is 26.2 Å². The Hall–Kier alpha value is -0.610. The van der Waals surface area contributed by atoms with Gasteiger partial charge in [0, 0.05) is 0 Å². The molecule has 2 saturated carbocycles. The summed E-state index contributed by atoms with van der Waals surface area (Å²) in [5, 5.41) is 3.30. The molecule has 1 atom stereocenters. The normalized spacial score (nSPS) is 24.7. The van der Waals surface area contributed by atoms with Crippen LogP contribution in [0.3, 0.4) is 0 Å². The quantitative estimate of drug-likeness (QED) is 0.725. The maximum absolute atomic E-state index is 11.8. The lowest BCUT2D eigenvalue weighted by Gasteiger charge is -2.34. The summed E-state index contributed by atoms with van der Waals surface area (Å²) in [6, 6.07) is 0. The predicted molar refractivity (Wildman–Crippen MR) is 71.2 cm³/mol. The molecule has 2 aliphatic rings. The van der Waals surface area contributed by atoms with Crippen molar-refractivity contribution in [1.82, 2.24) is 5.32 Å². The molecule has 2 aliphatic carbocycles. The van der Waals surface area contributed by atoms with E-state index in [1.165, 1.54) is 19.3 Å². The first kappa shape index (κ1) is 13.8. The fourth-order valence-electron chi connectivity index (χ4n) is 3.05. The summed E-state index contributed by atoms with van der Waals surface area (Å²) in [6.07, 6.45) is 8.58. The van der Waals surface area contributed by atoms with Crippen LogP contribution in [0.4, 0.5) is 0 Å². The largest absolute Gasteiger partial charge is 0.376 e. The Morgan fingerprint density at radius 2 is 1.94 bits per heavy atom. The number of carbonyl (C=O) groups excluding carboxylic acids is 1. The molecule has 3 N–H and O–H groups in total. The highest BCUT2D eigenvalue weighted by Gasteiger charge is 2.49. The molecule has 1 amide bonds. The van der Waals surface area contributed by atoms with Crippen LogP contribution >= 0.6 is 0 Å². The Morgan fingerprint density at radius 3 is 2.44 bits per heavy atom. The third-order valence-electron chi connectivity index (χ3n) is 4.31. The van der Waals surface area contributed by atoms with Crippen LogP contribution < -0.4 is 11.1 Å². The molecule has 0 aromatic carbocycles. The van der Waals surface area contributed by atoms with E-state index in [1.807, 2.05) is 6.92 Å². The van der Waals surface area contributed by atoms with Crippen LogP contribution in [-0.4, -0.2) is 30.7 Å². The lowest BCUT2D eigenvalue weighted by molar-refractivity contribution is -0.130. The molecule has 4 heteroatoms. The van der Waals surface area contributed by atoms with E-state index in [1.54, 1.807) is 0 Å². The highest BCUT2D eigenvalue weighted by molar-refractivity contribution is 5.85. The summed E-state index contributed by atoms with van der Waals surface area (Å²) >= 11 is 0. The number of rotatable bonds is 7. The summed E-state index contributed by atoms with van der Waals surface area (Å²) in [5.74, 6) is 0.126. The summed E-state index contributed by atoms with van der Waals surface area (Å²) in [7, 11) is 0. The summed E-state index contributed by atoms with van der Waals surface area (Å²) in [5.41, 5.74) is 5.01. The molecule has 0 saturated heterocycles. The highest BCUT2D eigenvalue weighted by Crippen LogP contribution is 2.40. The Balaban J connectivity index is 1.93. The van der Waals surface area contributed by atoms with Crippen LogP contribution in [-0.2, 0) is 9.53 Å². The second-order valence-electron chi connectivity index (χ2n) is 5.71. The fourth-order valence-corrected chi connectivity index (χ4v) is 3.05. The Bertz CT molecular complexity index is 286. The van der Waals surface area contributed by atoms with Crippen LogP contribution in [0.5, 0.6) is 0 Å². The van der Waals surface area contributed by atoms with Crippen molar-refractivity contribution in [3.8, 4) is 0 Å². The third-order valence-corrected chi connectivity index (χ3v) is 4.31. The Morgan fingerprint density at radius 1 is 1.28 bits per heavy atom. The second-order valence-corrected chi connectivity index (χ2v) is 5.71. The molecule has 0 aliphatic heterocycles. The van der Waals surface area contributed by atoms with Crippen LogP contribution in [0, 0.1) is 5.92 Å². The third kappa shape index (κ3) is 3.04. The van der Waals surface area contributed by atoms with Gasteiger partial charge in [-0.15, -0.1) is 0 Å². The van der Waals surface area contributed by atoms with Gasteiger partial charge in [0.15, 0.2) is 0 Å². The summed E-state index contributed by atoms with van der Waals surface area (Å²) in [4.78, 5) is 11.8. The number of nitrogens with two attached hydrogens (primary N) is 1. The van der Waals surface area contributed by atoms with Gasteiger partial charge in [-0.25, -0.2) is 0 Å². The smallest absolute Gasteiger partial charge is 0.240 e. The van der Waals surface area contributed by atoms with Gasteiger partial charge in [0.1, 0.15) is 5.54 Å². The molecule has 0 radical (unpaired) electrons. The zero-order valence-corrected chi connectivity index (χ0v) is 11.4. The van der Waals surface area contributed by atoms with Crippen molar-refractivity contribution in [2.24, 2.45) is 11.7 Å². The molecule has 0 heterocycles. The van der Waals surface area contributed by atoms with Gasteiger partial charge in [-0.3, -0.25) is 4.79 Å². The molecule has 2 fully saturated rings. The van der Waals surface area contributed by atoms with Gasteiger partial charge in [-0.05, 0) is 38.1 Å². The van der Waals surface area contributed by atoms with E-state index in [2.05, 4.69) is 5.32 Å². The molecule has 1 unspecified atom stereocenters. The zero-order chi connectivity index (χ0) is 13.0. The minimum Gasteiger partial charge on any atom is -0.376 e. The average molecular weight is 254 g/mol. The van der Waals surface area contributed by atoms with Gasteiger partial charge >= 0.3 is 0 Å². The van der Waals surface area contributed by atoms with E-state index in [0.717, 1.165) is 32.2 Å². The van der Waals surface area contributed by atoms with Gasteiger partial charge in [0.05, 0.1) is 12.7 Å². The molecule has 0 aromatic heterocycles. The van der Waals surface area contributed by atoms with Crippen LogP contribution in [0.2, 0.25) is 0 Å². The van der Waals surface area contributed by atoms with E-state index in [0.29, 0.717) is 18.6 Å². The van der Waals surface area contributed by atoms with Crippen molar-refractivity contribution in [1.29, 1.82) is 0 Å². The number of hydrogen-bond donors (Lipinski definition) is 2. The second kappa shape index (κ2) is 6.02. The maximum Gasteiger partial charge on any atom is 0.240 e. The Kier molecular flexibility index (Phi) is 4.62. The number of ether oxygens (including phenoxy) is 1. The molecular formula is C14H26N2O2. The number of amides is 1. The van der Waals surface area contributed by atoms with Gasteiger partial charge < -0.3 is 15.8 Å². The molecular weight excluding hydrogens is 228 g/mol. The minimum absolute atomic E-state index is 0.248. The van der Waals surface area contributed by atoms with Crippen LogP contribution in [0.1, 0.15) is 51.9 Å². The predicted octanol–water partition coefficient (Wildman–Crippen LogP) is 1.58. The number of nitrogens with one attached hydrogen (secondary N) is 1. The number of primary amides is 1. The molecule has 4 nitrogen and oxygen atoms in total. The molecule has 0 bridgehead atoms. The first-order valence-electron chi connectivity index (χ1n) is 7.35. The van der Waals surface area contributed by atoms with Gasteiger partial charge in [0.25, 0.3) is 0 Å². The van der Waals surface area contributed by atoms with Crippen molar-refractivity contribution in [2.45, 2.75) is 63.5 Å². The van der Waals surface area contributed by atoms with E-state index in [-0.39, 0.29) is 5.91 Å². The monoisotopic (exact) mass is 254 g/mol. The van der Waals surface area contributed by atoms with E-state index < -0.39 is 5.54 Å². The van der Waals surface area contributed by atoms with Gasteiger partial charge in [-0.2, -0.15) is 0 Å². The lowest BCUT2D eigenvalue weighted by Crippen LogP contribution is -2.60.